The standard InChI is InChI=1S/C29H31F5NO5P/c1-2-3-4-5-6-13-18-38-29(36)22(19-20-14-9-7-10-15-20)35-41(37,39-21-16-11-8-12-17-21)40-28-26(33)24(31)23(30)25(32)27(28)34/h7-12,14-17,22H,2-6,13,18-19H2,1H3,(H,35,37)/t22-,41?/m0/s1. The van der Waals surface area contributed by atoms with E-state index in [0.29, 0.717) is 12.0 Å². The van der Waals surface area contributed by atoms with E-state index in [1.165, 1.54) is 24.3 Å². The van der Waals surface area contributed by atoms with Crippen molar-refractivity contribution in [1.82, 2.24) is 5.09 Å². The zero-order chi connectivity index (χ0) is 29.8. The maximum Gasteiger partial charge on any atom is 0.513 e. The van der Waals surface area contributed by atoms with Gasteiger partial charge in [0.15, 0.2) is 0 Å². The number of benzene rings is 3. The Hall–Kier alpha value is -3.43. The van der Waals surface area contributed by atoms with Gasteiger partial charge < -0.3 is 13.8 Å². The first-order valence-corrected chi connectivity index (χ1v) is 14.7. The fraction of sp³-hybridized carbons (Fsp3) is 0.345. The molecule has 0 fully saturated rings. The smallest absolute Gasteiger partial charge is 0.465 e. The number of esters is 1. The van der Waals surface area contributed by atoms with E-state index in [2.05, 4.69) is 12.0 Å². The largest absolute Gasteiger partial charge is 0.513 e. The third-order valence-corrected chi connectivity index (χ3v) is 7.48. The number of nitrogens with one attached hydrogen (secondary N) is 1. The number of hydrogen-bond donors (Lipinski definition) is 1. The van der Waals surface area contributed by atoms with Crippen LogP contribution in [0.3, 0.4) is 0 Å². The summed E-state index contributed by atoms with van der Waals surface area (Å²) < 4.78 is 99.9. The Morgan fingerprint density at radius 1 is 0.756 bits per heavy atom. The van der Waals surface area contributed by atoms with Crippen molar-refractivity contribution in [3.63, 3.8) is 0 Å². The molecule has 1 unspecified atom stereocenters. The van der Waals surface area contributed by atoms with Gasteiger partial charge in [-0.2, -0.15) is 13.9 Å². The minimum atomic E-state index is -5.06. The van der Waals surface area contributed by atoms with Gasteiger partial charge in [0.2, 0.25) is 34.8 Å². The average Bonchev–Trinajstić information content (AvgIpc) is 2.97. The molecule has 0 spiro atoms. The molecule has 0 saturated carbocycles. The second-order valence-electron chi connectivity index (χ2n) is 9.20. The van der Waals surface area contributed by atoms with Crippen molar-refractivity contribution in [2.45, 2.75) is 57.9 Å². The van der Waals surface area contributed by atoms with E-state index in [4.69, 9.17) is 13.8 Å². The molecule has 0 bridgehead atoms. The van der Waals surface area contributed by atoms with Crippen LogP contribution in [0, 0.1) is 29.1 Å². The third kappa shape index (κ3) is 9.30. The predicted molar refractivity (Wildman–Crippen MR) is 143 cm³/mol. The number of carbonyl (C=O) groups is 1. The molecule has 12 heteroatoms. The fourth-order valence-corrected chi connectivity index (χ4v) is 5.38. The van der Waals surface area contributed by atoms with E-state index in [-0.39, 0.29) is 18.8 Å². The van der Waals surface area contributed by atoms with Gasteiger partial charge in [-0.1, -0.05) is 87.6 Å². The average molecular weight is 600 g/mol. The maximum atomic E-state index is 14.5. The number of unbranched alkanes of at least 4 members (excludes halogenated alkanes) is 5. The van der Waals surface area contributed by atoms with Crippen LogP contribution in [0.1, 0.15) is 51.0 Å². The summed E-state index contributed by atoms with van der Waals surface area (Å²) in [6.07, 6.45) is 5.47. The van der Waals surface area contributed by atoms with E-state index in [1.54, 1.807) is 36.4 Å². The second-order valence-corrected chi connectivity index (χ2v) is 10.8. The molecule has 41 heavy (non-hydrogen) atoms. The van der Waals surface area contributed by atoms with E-state index in [1.807, 2.05) is 0 Å². The highest BCUT2D eigenvalue weighted by atomic mass is 31.2. The molecule has 0 heterocycles. The van der Waals surface area contributed by atoms with E-state index in [0.717, 1.165) is 32.1 Å². The highest BCUT2D eigenvalue weighted by Gasteiger charge is 2.39. The van der Waals surface area contributed by atoms with Gasteiger partial charge >= 0.3 is 13.7 Å². The zero-order valence-electron chi connectivity index (χ0n) is 22.4. The van der Waals surface area contributed by atoms with Crippen molar-refractivity contribution in [2.24, 2.45) is 0 Å². The Morgan fingerprint density at radius 2 is 1.29 bits per heavy atom. The Balaban J connectivity index is 1.90. The molecular formula is C29H31F5NO5P. The molecule has 6 nitrogen and oxygen atoms in total. The summed E-state index contributed by atoms with van der Waals surface area (Å²) in [5.41, 5.74) is 0.587. The number of halogens is 5. The lowest BCUT2D eigenvalue weighted by atomic mass is 10.1. The van der Waals surface area contributed by atoms with Gasteiger partial charge in [-0.3, -0.25) is 4.79 Å². The number of carbonyl (C=O) groups excluding carboxylic acids is 1. The lowest BCUT2D eigenvalue weighted by molar-refractivity contribution is -0.145. The van der Waals surface area contributed by atoms with Gasteiger partial charge in [-0.05, 0) is 30.5 Å². The molecule has 0 aromatic heterocycles. The Labute approximate surface area is 235 Å². The number of rotatable bonds is 16. The molecule has 2 atom stereocenters. The normalized spacial score (nSPS) is 13.3. The van der Waals surface area contributed by atoms with Crippen LogP contribution in [-0.4, -0.2) is 18.6 Å². The van der Waals surface area contributed by atoms with Crippen LogP contribution >= 0.6 is 7.75 Å². The van der Waals surface area contributed by atoms with Crippen LogP contribution in [0.2, 0.25) is 0 Å². The predicted octanol–water partition coefficient (Wildman–Crippen LogP) is 8.05. The molecule has 3 aromatic rings. The lowest BCUT2D eigenvalue weighted by Gasteiger charge is -2.25. The summed E-state index contributed by atoms with van der Waals surface area (Å²) in [5, 5.41) is 2.32. The summed E-state index contributed by atoms with van der Waals surface area (Å²) in [4.78, 5) is 13.1. The minimum absolute atomic E-state index is 0.0558. The molecule has 0 aliphatic heterocycles. The fourth-order valence-electron chi connectivity index (χ4n) is 3.85. The van der Waals surface area contributed by atoms with Crippen molar-refractivity contribution in [1.29, 1.82) is 0 Å². The van der Waals surface area contributed by atoms with Crippen molar-refractivity contribution in [2.75, 3.05) is 6.61 Å². The van der Waals surface area contributed by atoms with Gasteiger partial charge in [-0.25, -0.2) is 17.7 Å². The molecule has 3 aromatic carbocycles. The van der Waals surface area contributed by atoms with Crippen molar-refractivity contribution in [3.05, 3.63) is 95.3 Å². The summed E-state index contributed by atoms with van der Waals surface area (Å²) in [6, 6.07) is 14.2. The number of hydrogen-bond acceptors (Lipinski definition) is 5. The molecule has 0 amide bonds. The molecule has 0 radical (unpaired) electrons. The summed E-state index contributed by atoms with van der Waals surface area (Å²) in [6.45, 7) is 2.15. The molecule has 222 valence electrons. The lowest BCUT2D eigenvalue weighted by Crippen LogP contribution is -2.40. The number of ether oxygens (including phenoxy) is 1. The first kappa shape index (κ1) is 32.1. The minimum Gasteiger partial charge on any atom is -0.465 e. The molecule has 3 rings (SSSR count). The SMILES string of the molecule is CCCCCCCCOC(=O)[C@H](Cc1ccccc1)NP(=O)(Oc1ccccc1)Oc1c(F)c(F)c(F)c(F)c1F. The monoisotopic (exact) mass is 599 g/mol. The Bertz CT molecular complexity index is 1300. The van der Waals surface area contributed by atoms with Gasteiger partial charge in [0.1, 0.15) is 11.8 Å². The Morgan fingerprint density at radius 3 is 1.90 bits per heavy atom. The summed E-state index contributed by atoms with van der Waals surface area (Å²) >= 11 is 0. The molecule has 1 N–H and O–H groups in total. The molecule has 0 aliphatic rings. The van der Waals surface area contributed by atoms with Crippen LogP contribution in [-0.2, 0) is 20.5 Å². The van der Waals surface area contributed by atoms with Crippen molar-refractivity contribution in [3.8, 4) is 11.5 Å². The third-order valence-electron chi connectivity index (χ3n) is 5.97. The van der Waals surface area contributed by atoms with E-state index >= 15 is 0 Å². The second kappa shape index (κ2) is 15.5. The van der Waals surface area contributed by atoms with Crippen LogP contribution < -0.4 is 14.1 Å². The zero-order valence-corrected chi connectivity index (χ0v) is 23.3. The molecule has 0 saturated heterocycles. The van der Waals surface area contributed by atoms with Gasteiger partial charge in [0, 0.05) is 0 Å². The van der Waals surface area contributed by atoms with Crippen molar-refractivity contribution < 1.29 is 45.1 Å². The molecule has 0 aliphatic carbocycles. The maximum absolute atomic E-state index is 14.5. The van der Waals surface area contributed by atoms with Crippen LogP contribution in [0.5, 0.6) is 11.5 Å². The van der Waals surface area contributed by atoms with E-state index in [9.17, 15) is 31.3 Å². The highest BCUT2D eigenvalue weighted by molar-refractivity contribution is 7.52. The van der Waals surface area contributed by atoms with Gasteiger partial charge in [-0.15, -0.1) is 0 Å². The summed E-state index contributed by atoms with van der Waals surface area (Å²) in [5.74, 6) is -14.6. The van der Waals surface area contributed by atoms with Crippen molar-refractivity contribution >= 4 is 13.7 Å². The van der Waals surface area contributed by atoms with Crippen LogP contribution in [0.15, 0.2) is 60.7 Å². The summed E-state index contributed by atoms with van der Waals surface area (Å²) in [7, 11) is -5.06. The highest BCUT2D eigenvalue weighted by Crippen LogP contribution is 2.47. The number of para-hydroxylation sites is 1. The Kier molecular flexibility index (Phi) is 12.2. The van der Waals surface area contributed by atoms with Crippen LogP contribution in [0.4, 0.5) is 22.0 Å². The molecular weight excluding hydrogens is 568 g/mol. The quantitative estimate of drug-likeness (QED) is 0.0449. The topological polar surface area (TPSA) is 73.9 Å². The van der Waals surface area contributed by atoms with Crippen LogP contribution in [0.25, 0.3) is 0 Å². The first-order chi connectivity index (χ1) is 19.6. The van der Waals surface area contributed by atoms with E-state index < -0.39 is 54.6 Å². The van der Waals surface area contributed by atoms with Gasteiger partial charge in [0.05, 0.1) is 6.61 Å². The van der Waals surface area contributed by atoms with Gasteiger partial charge in [0.25, 0.3) is 0 Å². The first-order valence-electron chi connectivity index (χ1n) is 13.2.